The minimum absolute atomic E-state index is 0.0777. The first-order valence-corrected chi connectivity index (χ1v) is 10.3. The summed E-state index contributed by atoms with van der Waals surface area (Å²) in [6, 6.07) is 7.05. The third-order valence-corrected chi connectivity index (χ3v) is 5.73. The van der Waals surface area contributed by atoms with E-state index in [0.29, 0.717) is 55.0 Å². The number of carbonyl (C=O) groups excluding carboxylic acids is 2. The third-order valence-electron chi connectivity index (χ3n) is 5.40. The predicted octanol–water partition coefficient (Wildman–Crippen LogP) is 1.75. The van der Waals surface area contributed by atoms with Crippen LogP contribution in [-0.2, 0) is 17.9 Å². The summed E-state index contributed by atoms with van der Waals surface area (Å²) in [5.74, 6) is 0.315. The summed E-state index contributed by atoms with van der Waals surface area (Å²) >= 11 is 6.11. The molecule has 0 unspecified atom stereocenters. The van der Waals surface area contributed by atoms with Crippen LogP contribution in [0.1, 0.15) is 22.7 Å². The number of hydrogen-bond donors (Lipinski definition) is 2. The van der Waals surface area contributed by atoms with Gasteiger partial charge in [-0.25, -0.2) is 4.98 Å². The van der Waals surface area contributed by atoms with Crippen molar-refractivity contribution in [1.29, 1.82) is 0 Å². The van der Waals surface area contributed by atoms with Gasteiger partial charge in [0, 0.05) is 38.8 Å². The molecule has 0 saturated carbocycles. The zero-order valence-electron chi connectivity index (χ0n) is 16.5. The first-order valence-electron chi connectivity index (χ1n) is 9.97. The number of benzene rings is 1. The lowest BCUT2D eigenvalue weighted by atomic mass is 10.3. The van der Waals surface area contributed by atoms with Gasteiger partial charge >= 0.3 is 0 Å². The van der Waals surface area contributed by atoms with Gasteiger partial charge in [0.05, 0.1) is 29.6 Å². The maximum Gasteiger partial charge on any atom is 0.273 e. The quantitative estimate of drug-likeness (QED) is 0.707. The number of nitrogens with one attached hydrogen (secondary N) is 1. The third kappa shape index (κ3) is 4.56. The van der Waals surface area contributed by atoms with Gasteiger partial charge in [0.2, 0.25) is 5.91 Å². The zero-order chi connectivity index (χ0) is 21.1. The molecule has 8 nitrogen and oxygen atoms in total. The van der Waals surface area contributed by atoms with E-state index >= 15 is 0 Å². The molecule has 2 aliphatic rings. The highest BCUT2D eigenvalue weighted by molar-refractivity contribution is 6.33. The topological polar surface area (TPSA) is 90.7 Å². The van der Waals surface area contributed by atoms with Gasteiger partial charge in [-0.2, -0.15) is 0 Å². The molecule has 3 heterocycles. The van der Waals surface area contributed by atoms with E-state index < -0.39 is 0 Å². The molecule has 1 fully saturated rings. The van der Waals surface area contributed by atoms with Gasteiger partial charge < -0.3 is 19.9 Å². The number of β-amino-alcohol motifs (C(OH)–C–C–N with tert-alkyl or cyclic N) is 1. The zero-order valence-corrected chi connectivity index (χ0v) is 17.3. The fourth-order valence-corrected chi connectivity index (χ4v) is 3.95. The molecule has 0 aliphatic carbocycles. The number of halogens is 1. The molecule has 0 bridgehead atoms. The lowest BCUT2D eigenvalue weighted by Gasteiger charge is -2.27. The standard InChI is InChI=1S/C21H24ClN5O3/c22-16-4-1-2-5-17(16)24-21(30)18-12-23-19-14-26(10-11-27(18)19)20(29)6-3-8-25-9-7-15(28)13-25/h1-6,12,15,28H,7-11,13-14H2,(H,24,30)/b6-3+/t15-/m0/s1. The van der Waals surface area contributed by atoms with Crippen LogP contribution in [0.3, 0.4) is 0 Å². The van der Waals surface area contributed by atoms with E-state index in [1.807, 2.05) is 10.6 Å². The Morgan fingerprint density at radius 2 is 2.10 bits per heavy atom. The van der Waals surface area contributed by atoms with Crippen LogP contribution in [0.2, 0.25) is 5.02 Å². The highest BCUT2D eigenvalue weighted by Gasteiger charge is 2.25. The molecule has 2 aliphatic heterocycles. The van der Waals surface area contributed by atoms with E-state index in [2.05, 4.69) is 15.2 Å². The number of fused-ring (bicyclic) bond motifs is 1. The number of likely N-dealkylation sites (tertiary alicyclic amines) is 1. The Bertz CT molecular complexity index is 973. The average molecular weight is 430 g/mol. The second-order valence-electron chi connectivity index (χ2n) is 7.51. The second-order valence-corrected chi connectivity index (χ2v) is 7.92. The fraction of sp³-hybridized carbons (Fsp3) is 0.381. The number of aliphatic hydroxyl groups excluding tert-OH is 1. The number of para-hydroxylation sites is 1. The van der Waals surface area contributed by atoms with Crippen molar-refractivity contribution < 1.29 is 14.7 Å². The Hall–Kier alpha value is -2.68. The Kier molecular flexibility index (Phi) is 6.17. The van der Waals surface area contributed by atoms with Gasteiger partial charge in [-0.05, 0) is 18.6 Å². The molecule has 1 aromatic heterocycles. The molecule has 2 amide bonds. The number of nitrogens with zero attached hydrogens (tertiary/aromatic N) is 4. The lowest BCUT2D eigenvalue weighted by molar-refractivity contribution is -0.127. The number of anilines is 1. The monoisotopic (exact) mass is 429 g/mol. The Morgan fingerprint density at radius 1 is 1.27 bits per heavy atom. The van der Waals surface area contributed by atoms with Crippen molar-refractivity contribution in [3.63, 3.8) is 0 Å². The Balaban J connectivity index is 1.36. The molecule has 1 aromatic carbocycles. The van der Waals surface area contributed by atoms with Crippen molar-refractivity contribution in [3.05, 3.63) is 59.2 Å². The molecule has 1 atom stereocenters. The summed E-state index contributed by atoms with van der Waals surface area (Å²) in [7, 11) is 0. The van der Waals surface area contributed by atoms with Crippen molar-refractivity contribution in [3.8, 4) is 0 Å². The number of aromatic nitrogens is 2. The molecule has 2 aromatic rings. The van der Waals surface area contributed by atoms with Gasteiger partial charge in [-0.15, -0.1) is 0 Å². The number of aliphatic hydroxyl groups is 1. The van der Waals surface area contributed by atoms with Crippen LogP contribution < -0.4 is 5.32 Å². The van der Waals surface area contributed by atoms with E-state index in [9.17, 15) is 14.7 Å². The molecule has 158 valence electrons. The van der Waals surface area contributed by atoms with E-state index in [1.54, 1.807) is 35.2 Å². The van der Waals surface area contributed by atoms with E-state index in [4.69, 9.17) is 11.6 Å². The van der Waals surface area contributed by atoms with Crippen LogP contribution in [0.4, 0.5) is 5.69 Å². The van der Waals surface area contributed by atoms with Crippen molar-refractivity contribution in [2.45, 2.75) is 25.6 Å². The van der Waals surface area contributed by atoms with Gasteiger partial charge in [0.25, 0.3) is 5.91 Å². The average Bonchev–Trinajstić information content (AvgIpc) is 3.35. The van der Waals surface area contributed by atoms with Crippen LogP contribution in [0.25, 0.3) is 0 Å². The summed E-state index contributed by atoms with van der Waals surface area (Å²) in [6.45, 7) is 3.50. The number of carbonyl (C=O) groups is 2. The van der Waals surface area contributed by atoms with Crippen molar-refractivity contribution in [2.75, 3.05) is 31.5 Å². The molecule has 30 heavy (non-hydrogen) atoms. The normalized spacial score (nSPS) is 19.3. The van der Waals surface area contributed by atoms with E-state index in [0.717, 1.165) is 13.0 Å². The summed E-state index contributed by atoms with van der Waals surface area (Å²) < 4.78 is 1.84. The van der Waals surface area contributed by atoms with Crippen LogP contribution in [0, 0.1) is 0 Å². The lowest BCUT2D eigenvalue weighted by Crippen LogP contribution is -2.38. The summed E-state index contributed by atoms with van der Waals surface area (Å²) in [4.78, 5) is 33.3. The number of rotatable bonds is 5. The summed E-state index contributed by atoms with van der Waals surface area (Å²) in [5.41, 5.74) is 0.989. The molecule has 0 radical (unpaired) electrons. The maximum atomic E-state index is 12.7. The van der Waals surface area contributed by atoms with Crippen LogP contribution in [0.15, 0.2) is 42.6 Å². The molecule has 0 spiro atoms. The van der Waals surface area contributed by atoms with Gasteiger partial charge in [-0.1, -0.05) is 29.8 Å². The number of hydrogen-bond acceptors (Lipinski definition) is 5. The van der Waals surface area contributed by atoms with Gasteiger partial charge in [0.15, 0.2) is 0 Å². The summed E-state index contributed by atoms with van der Waals surface area (Å²) in [6.07, 6.45) is 5.46. The Morgan fingerprint density at radius 3 is 2.87 bits per heavy atom. The van der Waals surface area contributed by atoms with Gasteiger partial charge in [-0.3, -0.25) is 14.5 Å². The first kappa shape index (κ1) is 20.6. The van der Waals surface area contributed by atoms with E-state index in [1.165, 1.54) is 6.20 Å². The van der Waals surface area contributed by atoms with Crippen molar-refractivity contribution in [1.82, 2.24) is 19.4 Å². The SMILES string of the molecule is O=C(Nc1ccccc1Cl)c1cnc2n1CCN(C(=O)/C=C/CN1CC[C@H](O)C1)C2. The molecule has 4 rings (SSSR count). The number of amides is 2. The molecular formula is C21H24ClN5O3. The fourth-order valence-electron chi connectivity index (χ4n) is 3.76. The predicted molar refractivity (Wildman–Crippen MR) is 113 cm³/mol. The molecule has 9 heteroatoms. The minimum atomic E-state index is -0.283. The molecule has 1 saturated heterocycles. The van der Waals surface area contributed by atoms with Crippen LogP contribution in [0.5, 0.6) is 0 Å². The van der Waals surface area contributed by atoms with Crippen molar-refractivity contribution >= 4 is 29.1 Å². The Labute approximate surface area is 179 Å². The van der Waals surface area contributed by atoms with E-state index in [-0.39, 0.29) is 17.9 Å². The highest BCUT2D eigenvalue weighted by atomic mass is 35.5. The van der Waals surface area contributed by atoms with Crippen molar-refractivity contribution in [2.24, 2.45) is 0 Å². The second kappa shape index (κ2) is 8.99. The largest absolute Gasteiger partial charge is 0.392 e. The van der Waals surface area contributed by atoms with Gasteiger partial charge in [0.1, 0.15) is 11.5 Å². The first-order chi connectivity index (χ1) is 14.5. The summed E-state index contributed by atoms with van der Waals surface area (Å²) in [5, 5.41) is 12.8. The highest BCUT2D eigenvalue weighted by Crippen LogP contribution is 2.22. The maximum absolute atomic E-state index is 12.7. The molecule has 2 N–H and O–H groups in total. The minimum Gasteiger partial charge on any atom is -0.392 e. The van der Waals surface area contributed by atoms with Crippen LogP contribution in [-0.4, -0.2) is 68.6 Å². The smallest absolute Gasteiger partial charge is 0.273 e. The number of imidazole rings is 1. The molecular weight excluding hydrogens is 406 g/mol. The van der Waals surface area contributed by atoms with Crippen LogP contribution >= 0.6 is 11.6 Å².